The van der Waals surface area contributed by atoms with Crippen LogP contribution >= 0.6 is 0 Å². The van der Waals surface area contributed by atoms with Crippen LogP contribution in [-0.4, -0.2) is 9.92 Å². The Bertz CT molecular complexity index is 724. The maximum atomic E-state index is 9.27. The van der Waals surface area contributed by atoms with Crippen molar-refractivity contribution in [2.45, 2.75) is 27.7 Å². The van der Waals surface area contributed by atoms with Gasteiger partial charge in [0, 0.05) is 0 Å². The first-order valence-electron chi connectivity index (χ1n) is 7.96. The van der Waals surface area contributed by atoms with Gasteiger partial charge in [0.2, 0.25) is 0 Å². The standard InChI is InChI=1S/C12H10O.C9H13.CH2.2ClH.Ti/c13-12-8-4-7-11(9-12)10-5-2-1-3-6-10;1-6-5-7(2)9(4)8(6)3;;;;/h1-9,13H;6H,1-4H3;1H2;2*1H;/q;-1;;;;+1/p-2. The average Bonchev–Trinajstić information content (AvgIpc) is 2.84. The largest absolute Gasteiger partial charge is 1.00 e. The molecule has 0 fully saturated rings. The summed E-state index contributed by atoms with van der Waals surface area (Å²) in [4.78, 5) is 3.25. The van der Waals surface area contributed by atoms with Crippen molar-refractivity contribution in [2.24, 2.45) is 5.92 Å². The third-order valence-electron chi connectivity index (χ3n) is 4.19. The van der Waals surface area contributed by atoms with Gasteiger partial charge in [-0.2, -0.15) is 11.1 Å². The molecule has 1 nitrogen and oxygen atoms in total. The molecule has 26 heavy (non-hydrogen) atoms. The minimum Gasteiger partial charge on any atom is -1.00 e. The molecule has 2 aromatic carbocycles. The number of rotatable bonds is 1. The predicted molar refractivity (Wildman–Crippen MR) is 101 cm³/mol. The topological polar surface area (TPSA) is 20.2 Å². The van der Waals surface area contributed by atoms with Gasteiger partial charge in [0.1, 0.15) is 5.75 Å². The molecule has 0 aromatic heterocycles. The van der Waals surface area contributed by atoms with Crippen molar-refractivity contribution in [2.75, 3.05) is 0 Å². The summed E-state index contributed by atoms with van der Waals surface area (Å²) in [6.45, 7) is 8.67. The Morgan fingerprint density at radius 3 is 1.81 bits per heavy atom. The Balaban J connectivity index is 0. The molecule has 0 spiro atoms. The quantitative estimate of drug-likeness (QED) is 0.495. The molecular formula is C22H25Cl2OTi-2. The molecule has 0 saturated carbocycles. The molecule has 1 aliphatic carbocycles. The molecule has 0 heterocycles. The van der Waals surface area contributed by atoms with Crippen molar-refractivity contribution >= 4 is 4.82 Å². The Kier molecular flexibility index (Phi) is 14.6. The van der Waals surface area contributed by atoms with Crippen LogP contribution in [0.5, 0.6) is 5.75 Å². The van der Waals surface area contributed by atoms with E-state index in [1.807, 2.05) is 42.5 Å². The minimum absolute atomic E-state index is 0. The molecule has 1 N–H and O–H groups in total. The van der Waals surface area contributed by atoms with Gasteiger partial charge < -0.3 is 29.9 Å². The molecule has 1 aliphatic rings. The summed E-state index contributed by atoms with van der Waals surface area (Å²) < 4.78 is 0. The van der Waals surface area contributed by atoms with Gasteiger partial charge in [-0.1, -0.05) is 69.2 Å². The fraction of sp³-hybridized carbons (Fsp3) is 0.227. The fourth-order valence-electron chi connectivity index (χ4n) is 2.48. The van der Waals surface area contributed by atoms with E-state index in [0.717, 1.165) is 11.1 Å². The molecular weight excluding hydrogens is 399 g/mol. The Morgan fingerprint density at radius 2 is 1.42 bits per heavy atom. The number of allylic oxidation sites excluding steroid dienone is 4. The van der Waals surface area contributed by atoms with Crippen molar-refractivity contribution < 1.29 is 49.9 Å². The number of phenolic OH excluding ortho intramolecular Hbond substituents is 1. The second kappa shape index (κ2) is 14.0. The van der Waals surface area contributed by atoms with E-state index in [4.69, 9.17) is 0 Å². The second-order valence-corrected chi connectivity index (χ2v) is 5.72. The number of phenols is 1. The van der Waals surface area contributed by atoms with Gasteiger partial charge in [-0.05, 0) is 23.3 Å². The predicted octanol–water partition coefficient (Wildman–Crippen LogP) is -0.246. The van der Waals surface area contributed by atoms with E-state index in [1.54, 1.807) is 32.1 Å². The Labute approximate surface area is 182 Å². The average molecular weight is 424 g/mol. The van der Waals surface area contributed by atoms with Gasteiger partial charge in [0.15, 0.2) is 0 Å². The Morgan fingerprint density at radius 1 is 0.885 bits per heavy atom. The molecule has 1 atom stereocenters. The molecule has 1 unspecified atom stereocenters. The van der Waals surface area contributed by atoms with Gasteiger partial charge >= 0.3 is 24.8 Å². The van der Waals surface area contributed by atoms with Crippen LogP contribution in [0.3, 0.4) is 0 Å². The van der Waals surface area contributed by atoms with Crippen LogP contribution in [0.1, 0.15) is 27.7 Å². The van der Waals surface area contributed by atoms with E-state index >= 15 is 0 Å². The molecule has 0 saturated heterocycles. The van der Waals surface area contributed by atoms with Crippen LogP contribution < -0.4 is 24.8 Å². The van der Waals surface area contributed by atoms with E-state index in [9.17, 15) is 5.11 Å². The second-order valence-electron chi connectivity index (χ2n) is 5.72. The molecule has 139 valence electrons. The maximum Gasteiger partial charge on any atom is -1.00 e. The third-order valence-corrected chi connectivity index (χ3v) is 4.19. The van der Waals surface area contributed by atoms with Crippen LogP contribution in [0.2, 0.25) is 0 Å². The number of aromatic hydroxyl groups is 1. The smallest absolute Gasteiger partial charge is 1.00 e. The molecule has 4 heteroatoms. The summed E-state index contributed by atoms with van der Waals surface area (Å²) in [6, 6.07) is 17.3. The molecule has 0 amide bonds. The first-order valence-corrected chi connectivity index (χ1v) is 9.07. The van der Waals surface area contributed by atoms with Crippen LogP contribution in [0.25, 0.3) is 11.1 Å². The maximum absolute atomic E-state index is 9.27. The Hall–Kier alpha value is -1.12. The summed E-state index contributed by atoms with van der Waals surface area (Å²) in [5.74, 6) is 0.867. The van der Waals surface area contributed by atoms with Crippen molar-refractivity contribution in [1.82, 2.24) is 0 Å². The summed E-state index contributed by atoms with van der Waals surface area (Å²) in [5, 5.41) is 9.27. The molecule has 0 bridgehead atoms. The zero-order chi connectivity index (χ0) is 18.1. The molecule has 0 aliphatic heterocycles. The summed E-state index contributed by atoms with van der Waals surface area (Å²) >= 11 is 1.75. The van der Waals surface area contributed by atoms with Crippen molar-refractivity contribution in [1.29, 1.82) is 0 Å². The van der Waals surface area contributed by atoms with Crippen LogP contribution in [0, 0.1) is 12.0 Å². The SMILES string of the molecule is CC1=[C-]C(C)C(C)=C1C.Oc1cccc(-c2ccccc2)c1.[CH2]=[Ti+].[Cl-].[Cl-]. The zero-order valence-corrected chi connectivity index (χ0v) is 18.8. The monoisotopic (exact) mass is 423 g/mol. The third kappa shape index (κ3) is 8.06. The van der Waals surface area contributed by atoms with Crippen LogP contribution in [0.15, 0.2) is 71.3 Å². The number of benzene rings is 2. The van der Waals surface area contributed by atoms with E-state index in [1.165, 1.54) is 16.7 Å². The van der Waals surface area contributed by atoms with E-state index in [2.05, 4.69) is 38.6 Å². The fourth-order valence-corrected chi connectivity index (χ4v) is 2.48. The number of hydrogen-bond acceptors (Lipinski definition) is 1. The van der Waals surface area contributed by atoms with Crippen molar-refractivity contribution in [3.05, 3.63) is 77.4 Å². The van der Waals surface area contributed by atoms with Gasteiger partial charge in [0.05, 0.1) is 0 Å². The van der Waals surface area contributed by atoms with E-state index < -0.39 is 0 Å². The first kappa shape index (κ1) is 27.1. The first-order chi connectivity index (χ1) is 11.5. The van der Waals surface area contributed by atoms with Gasteiger partial charge in [-0.15, -0.1) is 6.92 Å². The summed E-state index contributed by atoms with van der Waals surface area (Å²) in [7, 11) is 0. The zero-order valence-electron chi connectivity index (χ0n) is 15.7. The van der Waals surface area contributed by atoms with Crippen molar-refractivity contribution in [3.8, 4) is 16.9 Å². The van der Waals surface area contributed by atoms with Gasteiger partial charge in [0.25, 0.3) is 0 Å². The summed E-state index contributed by atoms with van der Waals surface area (Å²) in [6.07, 6.45) is 3.36. The minimum atomic E-state index is 0. The van der Waals surface area contributed by atoms with Crippen LogP contribution in [0.4, 0.5) is 0 Å². The normalized spacial score (nSPS) is 14.5. The number of hydrogen-bond donors (Lipinski definition) is 1. The van der Waals surface area contributed by atoms with Crippen LogP contribution in [-0.2, 0) is 20.0 Å². The van der Waals surface area contributed by atoms with Gasteiger partial charge in [-0.3, -0.25) is 6.08 Å². The van der Waals surface area contributed by atoms with Crippen molar-refractivity contribution in [3.63, 3.8) is 0 Å². The van der Waals surface area contributed by atoms with E-state index in [-0.39, 0.29) is 24.8 Å². The number of halogens is 2. The molecule has 3 rings (SSSR count). The summed E-state index contributed by atoms with van der Waals surface area (Å²) in [5.41, 5.74) is 6.41. The molecule has 2 aromatic rings. The van der Waals surface area contributed by atoms with E-state index in [0.29, 0.717) is 11.7 Å². The molecule has 0 radical (unpaired) electrons. The van der Waals surface area contributed by atoms with Gasteiger partial charge in [-0.25, -0.2) is 5.57 Å².